The van der Waals surface area contributed by atoms with Crippen LogP contribution >= 0.6 is 15.9 Å². The smallest absolute Gasteiger partial charge is 0.313 e. The highest BCUT2D eigenvalue weighted by Gasteiger charge is 2.17. The van der Waals surface area contributed by atoms with E-state index in [-0.39, 0.29) is 6.61 Å². The van der Waals surface area contributed by atoms with E-state index in [9.17, 15) is 9.59 Å². The van der Waals surface area contributed by atoms with Crippen molar-refractivity contribution >= 4 is 33.4 Å². The van der Waals surface area contributed by atoms with Crippen LogP contribution in [0.4, 0.5) is 5.69 Å². The molecule has 19 heavy (non-hydrogen) atoms. The molecule has 0 saturated heterocycles. The van der Waals surface area contributed by atoms with E-state index in [1.807, 2.05) is 19.9 Å². The minimum Gasteiger partial charge on any atom is -0.394 e. The van der Waals surface area contributed by atoms with Crippen LogP contribution in [0, 0.1) is 6.92 Å². The fraction of sp³-hybridized carbons (Fsp3) is 0.385. The molecule has 0 aliphatic carbocycles. The minimum absolute atomic E-state index is 0.188. The normalized spacial score (nSPS) is 11.8. The average molecular weight is 329 g/mol. The standard InChI is InChI=1S/C13H17BrN2O3/c1-3-10(7-17)15-12(18)13(19)16-11-5-4-9(14)6-8(11)2/h4-6,10,17H,3,7H2,1-2H3,(H,15,18)(H,16,19)/t10-/m1/s1. The van der Waals surface area contributed by atoms with E-state index < -0.39 is 17.9 Å². The molecule has 0 heterocycles. The number of anilines is 1. The lowest BCUT2D eigenvalue weighted by Gasteiger charge is -2.14. The molecule has 0 aromatic heterocycles. The number of halogens is 1. The van der Waals surface area contributed by atoms with Crippen LogP contribution in [0.1, 0.15) is 18.9 Å². The second-order valence-electron chi connectivity index (χ2n) is 4.17. The molecule has 1 aromatic carbocycles. The van der Waals surface area contributed by atoms with Gasteiger partial charge in [-0.25, -0.2) is 0 Å². The molecule has 2 amide bonds. The van der Waals surface area contributed by atoms with Gasteiger partial charge in [0.2, 0.25) is 0 Å². The minimum atomic E-state index is -0.747. The van der Waals surface area contributed by atoms with Gasteiger partial charge in [0.25, 0.3) is 0 Å². The van der Waals surface area contributed by atoms with Crippen LogP contribution < -0.4 is 10.6 Å². The summed E-state index contributed by atoms with van der Waals surface area (Å²) in [6.07, 6.45) is 0.562. The number of hydrogen-bond donors (Lipinski definition) is 3. The highest BCUT2D eigenvalue weighted by molar-refractivity contribution is 9.10. The van der Waals surface area contributed by atoms with Crippen molar-refractivity contribution < 1.29 is 14.7 Å². The van der Waals surface area contributed by atoms with Gasteiger partial charge in [0.1, 0.15) is 0 Å². The van der Waals surface area contributed by atoms with E-state index in [0.717, 1.165) is 10.0 Å². The molecule has 3 N–H and O–H groups in total. The van der Waals surface area contributed by atoms with Crippen molar-refractivity contribution in [2.45, 2.75) is 26.3 Å². The monoisotopic (exact) mass is 328 g/mol. The van der Waals surface area contributed by atoms with E-state index >= 15 is 0 Å². The van der Waals surface area contributed by atoms with Crippen molar-refractivity contribution in [1.82, 2.24) is 5.32 Å². The van der Waals surface area contributed by atoms with Gasteiger partial charge in [-0.3, -0.25) is 9.59 Å². The second-order valence-corrected chi connectivity index (χ2v) is 5.09. The van der Waals surface area contributed by atoms with Crippen molar-refractivity contribution in [3.05, 3.63) is 28.2 Å². The van der Waals surface area contributed by atoms with Crippen molar-refractivity contribution in [3.8, 4) is 0 Å². The zero-order valence-corrected chi connectivity index (χ0v) is 12.5. The van der Waals surface area contributed by atoms with Crippen molar-refractivity contribution in [2.24, 2.45) is 0 Å². The second kappa shape index (κ2) is 7.25. The van der Waals surface area contributed by atoms with Gasteiger partial charge in [0, 0.05) is 10.2 Å². The van der Waals surface area contributed by atoms with Gasteiger partial charge in [-0.15, -0.1) is 0 Å². The summed E-state index contributed by atoms with van der Waals surface area (Å²) in [6.45, 7) is 3.46. The van der Waals surface area contributed by atoms with Gasteiger partial charge < -0.3 is 15.7 Å². The Morgan fingerprint density at radius 3 is 2.58 bits per heavy atom. The fourth-order valence-corrected chi connectivity index (χ4v) is 1.95. The van der Waals surface area contributed by atoms with Gasteiger partial charge in [-0.2, -0.15) is 0 Å². The van der Waals surface area contributed by atoms with Gasteiger partial charge >= 0.3 is 11.8 Å². The van der Waals surface area contributed by atoms with Crippen molar-refractivity contribution in [3.63, 3.8) is 0 Å². The Bertz CT molecular complexity index is 473. The summed E-state index contributed by atoms with van der Waals surface area (Å²) in [5.74, 6) is -1.49. The number of aliphatic hydroxyl groups is 1. The largest absolute Gasteiger partial charge is 0.394 e. The van der Waals surface area contributed by atoms with Gasteiger partial charge in [-0.05, 0) is 37.1 Å². The molecule has 0 spiro atoms. The molecular weight excluding hydrogens is 312 g/mol. The predicted molar refractivity (Wildman–Crippen MR) is 76.8 cm³/mol. The Morgan fingerprint density at radius 2 is 2.05 bits per heavy atom. The first-order chi connectivity index (χ1) is 8.97. The van der Waals surface area contributed by atoms with E-state index in [1.54, 1.807) is 12.1 Å². The van der Waals surface area contributed by atoms with Crippen molar-refractivity contribution in [1.29, 1.82) is 0 Å². The number of carbonyl (C=O) groups excluding carboxylic acids is 2. The van der Waals surface area contributed by atoms with Crippen LogP contribution in [0.5, 0.6) is 0 Å². The molecule has 0 radical (unpaired) electrons. The number of rotatable bonds is 4. The Kier molecular flexibility index (Phi) is 5.98. The SMILES string of the molecule is CC[C@H](CO)NC(=O)C(=O)Nc1ccc(Br)cc1C. The predicted octanol–water partition coefficient (Wildman–Crippen LogP) is 1.58. The Morgan fingerprint density at radius 1 is 1.37 bits per heavy atom. The zero-order valence-electron chi connectivity index (χ0n) is 10.9. The lowest BCUT2D eigenvalue weighted by atomic mass is 10.2. The molecule has 0 fully saturated rings. The molecular formula is C13H17BrN2O3. The molecule has 1 rings (SSSR count). The third kappa shape index (κ3) is 4.65. The summed E-state index contributed by atoms with van der Waals surface area (Å²) in [4.78, 5) is 23.3. The first-order valence-corrected chi connectivity index (χ1v) is 6.76. The first-order valence-electron chi connectivity index (χ1n) is 5.96. The molecule has 1 atom stereocenters. The third-order valence-electron chi connectivity index (χ3n) is 2.69. The number of nitrogens with one attached hydrogen (secondary N) is 2. The summed E-state index contributed by atoms with van der Waals surface area (Å²) in [7, 11) is 0. The molecule has 5 nitrogen and oxygen atoms in total. The van der Waals surface area contributed by atoms with Crippen LogP contribution in [0.2, 0.25) is 0 Å². The van der Waals surface area contributed by atoms with E-state index in [4.69, 9.17) is 5.11 Å². The number of hydrogen-bond acceptors (Lipinski definition) is 3. The quantitative estimate of drug-likeness (QED) is 0.734. The van der Waals surface area contributed by atoms with Gasteiger partial charge in [-0.1, -0.05) is 22.9 Å². The Hall–Kier alpha value is -1.40. The topological polar surface area (TPSA) is 78.4 Å². The molecule has 0 unspecified atom stereocenters. The average Bonchev–Trinajstić information content (AvgIpc) is 2.38. The summed E-state index contributed by atoms with van der Waals surface area (Å²) in [5, 5.41) is 14.0. The van der Waals surface area contributed by atoms with E-state index in [0.29, 0.717) is 12.1 Å². The first kappa shape index (κ1) is 15.7. The lowest BCUT2D eigenvalue weighted by Crippen LogP contribution is -2.43. The maximum absolute atomic E-state index is 11.7. The van der Waals surface area contributed by atoms with E-state index in [2.05, 4.69) is 26.6 Å². The van der Waals surface area contributed by atoms with Gasteiger partial charge in [0.15, 0.2) is 0 Å². The van der Waals surface area contributed by atoms with Crippen LogP contribution in [-0.4, -0.2) is 29.6 Å². The Labute approximate surface area is 120 Å². The fourth-order valence-electron chi connectivity index (χ4n) is 1.47. The maximum Gasteiger partial charge on any atom is 0.313 e. The number of aryl methyl sites for hydroxylation is 1. The Balaban J connectivity index is 2.66. The van der Waals surface area contributed by atoms with Crippen LogP contribution in [0.15, 0.2) is 22.7 Å². The molecule has 0 saturated carbocycles. The summed E-state index contributed by atoms with van der Waals surface area (Å²) >= 11 is 3.32. The number of aliphatic hydroxyl groups excluding tert-OH is 1. The summed E-state index contributed by atoms with van der Waals surface area (Å²) in [5.41, 5.74) is 1.44. The maximum atomic E-state index is 11.7. The molecule has 0 bridgehead atoms. The third-order valence-corrected chi connectivity index (χ3v) is 3.18. The zero-order chi connectivity index (χ0) is 14.4. The van der Waals surface area contributed by atoms with Crippen LogP contribution in [-0.2, 0) is 9.59 Å². The summed E-state index contributed by atoms with van der Waals surface area (Å²) in [6, 6.07) is 4.94. The molecule has 1 aromatic rings. The molecule has 0 aliphatic rings. The highest BCUT2D eigenvalue weighted by atomic mass is 79.9. The highest BCUT2D eigenvalue weighted by Crippen LogP contribution is 2.19. The number of benzene rings is 1. The van der Waals surface area contributed by atoms with E-state index in [1.165, 1.54) is 0 Å². The summed E-state index contributed by atoms with van der Waals surface area (Å²) < 4.78 is 0.902. The van der Waals surface area contributed by atoms with Crippen LogP contribution in [0.3, 0.4) is 0 Å². The molecule has 6 heteroatoms. The lowest BCUT2D eigenvalue weighted by molar-refractivity contribution is -0.136. The molecule has 104 valence electrons. The van der Waals surface area contributed by atoms with Crippen molar-refractivity contribution in [2.75, 3.05) is 11.9 Å². The number of amides is 2. The molecule has 0 aliphatic heterocycles. The van der Waals surface area contributed by atoms with Crippen LogP contribution in [0.25, 0.3) is 0 Å². The van der Waals surface area contributed by atoms with Gasteiger partial charge in [0.05, 0.1) is 12.6 Å². The number of carbonyl (C=O) groups is 2.